The molecule has 0 aliphatic carbocycles. The summed E-state index contributed by atoms with van der Waals surface area (Å²) in [7, 11) is 1.88. The van der Waals surface area contributed by atoms with Gasteiger partial charge >= 0.3 is 0 Å². The van der Waals surface area contributed by atoms with Gasteiger partial charge in [-0.25, -0.2) is 0 Å². The van der Waals surface area contributed by atoms with Gasteiger partial charge in [0.25, 0.3) is 0 Å². The fourth-order valence-corrected chi connectivity index (χ4v) is 1.36. The lowest BCUT2D eigenvalue weighted by Crippen LogP contribution is -2.14. The molecular formula is C10H14N4O. The molecule has 0 spiro atoms. The summed E-state index contributed by atoms with van der Waals surface area (Å²) < 4.78 is 7.18. The average Bonchev–Trinajstić information content (AvgIpc) is 2.77. The summed E-state index contributed by atoms with van der Waals surface area (Å²) in [6.07, 6.45) is 1.75. The Kier molecular flexibility index (Phi) is 2.82. The van der Waals surface area contributed by atoms with Crippen LogP contribution in [0.3, 0.4) is 0 Å². The largest absolute Gasteiger partial charge is 0.465 e. The predicted molar refractivity (Wildman–Crippen MR) is 55.0 cm³/mol. The lowest BCUT2D eigenvalue weighted by Gasteiger charge is -2.01. The van der Waals surface area contributed by atoms with Crippen molar-refractivity contribution < 1.29 is 4.42 Å². The van der Waals surface area contributed by atoms with Crippen molar-refractivity contribution in [1.82, 2.24) is 20.3 Å². The maximum atomic E-state index is 5.43. The number of nitrogens with one attached hydrogen (secondary N) is 1. The van der Waals surface area contributed by atoms with Gasteiger partial charge in [0.15, 0.2) is 0 Å². The van der Waals surface area contributed by atoms with Gasteiger partial charge in [-0.05, 0) is 19.1 Å². The van der Waals surface area contributed by atoms with Gasteiger partial charge in [-0.15, -0.1) is 5.10 Å². The Hall–Kier alpha value is -1.62. The van der Waals surface area contributed by atoms with Crippen LogP contribution in [0, 0.1) is 6.92 Å². The highest BCUT2D eigenvalue weighted by atomic mass is 16.3. The van der Waals surface area contributed by atoms with E-state index in [4.69, 9.17) is 4.42 Å². The minimum atomic E-state index is 0.721. The molecule has 2 rings (SSSR count). The van der Waals surface area contributed by atoms with Crippen molar-refractivity contribution in [3.05, 3.63) is 35.5 Å². The lowest BCUT2D eigenvalue weighted by molar-refractivity contribution is 0.458. The zero-order valence-corrected chi connectivity index (χ0v) is 8.90. The van der Waals surface area contributed by atoms with E-state index in [0.29, 0.717) is 0 Å². The van der Waals surface area contributed by atoms with Crippen LogP contribution in [0.1, 0.15) is 17.2 Å². The van der Waals surface area contributed by atoms with Gasteiger partial charge in [-0.3, -0.25) is 4.68 Å². The Morgan fingerprint density at radius 3 is 2.87 bits per heavy atom. The standard InChI is InChI=1S/C10H14N4O/c1-8-3-4-10(15-8)7-11-5-9-6-12-13-14(9)2/h3-4,6,11H,5,7H2,1-2H3. The smallest absolute Gasteiger partial charge is 0.117 e. The lowest BCUT2D eigenvalue weighted by atomic mass is 10.4. The van der Waals surface area contributed by atoms with Gasteiger partial charge in [-0.2, -0.15) is 0 Å². The number of nitrogens with zero attached hydrogens (tertiary/aromatic N) is 3. The number of hydrogen-bond donors (Lipinski definition) is 1. The molecule has 0 saturated carbocycles. The van der Waals surface area contributed by atoms with E-state index in [-0.39, 0.29) is 0 Å². The molecule has 0 fully saturated rings. The molecule has 0 radical (unpaired) electrons. The fraction of sp³-hybridized carbons (Fsp3) is 0.400. The van der Waals surface area contributed by atoms with Gasteiger partial charge < -0.3 is 9.73 Å². The second kappa shape index (κ2) is 4.27. The first-order valence-corrected chi connectivity index (χ1v) is 4.85. The van der Waals surface area contributed by atoms with E-state index in [1.54, 1.807) is 10.9 Å². The molecule has 0 atom stereocenters. The Morgan fingerprint density at radius 1 is 1.40 bits per heavy atom. The molecule has 2 heterocycles. The SMILES string of the molecule is Cc1ccc(CNCc2cnnn2C)o1. The molecule has 2 aromatic rings. The van der Waals surface area contributed by atoms with E-state index in [9.17, 15) is 0 Å². The summed E-state index contributed by atoms with van der Waals surface area (Å²) in [5.74, 6) is 1.89. The van der Waals surface area contributed by atoms with Crippen LogP contribution in [0.5, 0.6) is 0 Å². The van der Waals surface area contributed by atoms with Crippen LogP contribution in [0.2, 0.25) is 0 Å². The second-order valence-corrected chi connectivity index (χ2v) is 3.46. The normalized spacial score (nSPS) is 10.8. The molecule has 0 aliphatic heterocycles. The first-order chi connectivity index (χ1) is 7.25. The summed E-state index contributed by atoms with van der Waals surface area (Å²) in [5.41, 5.74) is 1.05. The first kappa shape index (κ1) is 9.92. The maximum absolute atomic E-state index is 5.43. The van der Waals surface area contributed by atoms with Gasteiger partial charge in [0.05, 0.1) is 18.4 Å². The minimum Gasteiger partial charge on any atom is -0.465 e. The van der Waals surface area contributed by atoms with Gasteiger partial charge in [0, 0.05) is 13.6 Å². The molecule has 2 aromatic heterocycles. The van der Waals surface area contributed by atoms with E-state index >= 15 is 0 Å². The maximum Gasteiger partial charge on any atom is 0.117 e. The highest BCUT2D eigenvalue weighted by Crippen LogP contribution is 2.05. The molecule has 0 bridgehead atoms. The quantitative estimate of drug-likeness (QED) is 0.811. The molecule has 5 nitrogen and oxygen atoms in total. The van der Waals surface area contributed by atoms with Gasteiger partial charge in [-0.1, -0.05) is 5.21 Å². The Bertz CT molecular complexity index is 432. The minimum absolute atomic E-state index is 0.721. The van der Waals surface area contributed by atoms with Gasteiger partial charge in [0.2, 0.25) is 0 Å². The summed E-state index contributed by atoms with van der Waals surface area (Å²) in [6, 6.07) is 3.94. The number of aryl methyl sites for hydroxylation is 2. The summed E-state index contributed by atoms with van der Waals surface area (Å²) in [4.78, 5) is 0. The van der Waals surface area contributed by atoms with Gasteiger partial charge in [0.1, 0.15) is 11.5 Å². The van der Waals surface area contributed by atoms with Crippen LogP contribution < -0.4 is 5.32 Å². The van der Waals surface area contributed by atoms with Crippen LogP contribution in [0.15, 0.2) is 22.7 Å². The Morgan fingerprint density at radius 2 is 2.27 bits per heavy atom. The van der Waals surface area contributed by atoms with Crippen LogP contribution in [0.25, 0.3) is 0 Å². The number of furan rings is 1. The summed E-state index contributed by atoms with van der Waals surface area (Å²) >= 11 is 0. The number of hydrogen-bond acceptors (Lipinski definition) is 4. The fourth-order valence-electron chi connectivity index (χ4n) is 1.36. The van der Waals surface area contributed by atoms with E-state index in [1.165, 1.54) is 0 Å². The van der Waals surface area contributed by atoms with Crippen molar-refractivity contribution in [3.63, 3.8) is 0 Å². The van der Waals surface area contributed by atoms with Crippen LogP contribution in [0.4, 0.5) is 0 Å². The molecule has 5 heteroatoms. The third-order valence-electron chi connectivity index (χ3n) is 2.21. The topological polar surface area (TPSA) is 55.9 Å². The zero-order valence-electron chi connectivity index (χ0n) is 8.90. The highest BCUT2D eigenvalue weighted by Gasteiger charge is 2.01. The number of rotatable bonds is 4. The van der Waals surface area contributed by atoms with Crippen molar-refractivity contribution in [3.8, 4) is 0 Å². The van der Waals surface area contributed by atoms with Crippen molar-refractivity contribution in [2.24, 2.45) is 7.05 Å². The molecule has 0 amide bonds. The van der Waals surface area contributed by atoms with Crippen LogP contribution in [-0.4, -0.2) is 15.0 Å². The zero-order chi connectivity index (χ0) is 10.7. The third kappa shape index (κ3) is 2.44. The molecular weight excluding hydrogens is 192 g/mol. The molecule has 0 saturated heterocycles. The summed E-state index contributed by atoms with van der Waals surface area (Å²) in [6.45, 7) is 3.40. The van der Waals surface area contributed by atoms with Crippen LogP contribution >= 0.6 is 0 Å². The molecule has 80 valence electrons. The van der Waals surface area contributed by atoms with E-state index in [0.717, 1.165) is 30.3 Å². The molecule has 1 N–H and O–H groups in total. The highest BCUT2D eigenvalue weighted by molar-refractivity contribution is 5.05. The van der Waals surface area contributed by atoms with E-state index < -0.39 is 0 Å². The molecule has 15 heavy (non-hydrogen) atoms. The average molecular weight is 206 g/mol. The van der Waals surface area contributed by atoms with Crippen molar-refractivity contribution in [1.29, 1.82) is 0 Å². The van der Waals surface area contributed by atoms with E-state index in [2.05, 4.69) is 15.6 Å². The molecule has 0 aromatic carbocycles. The monoisotopic (exact) mass is 206 g/mol. The summed E-state index contributed by atoms with van der Waals surface area (Å²) in [5, 5.41) is 10.9. The van der Waals surface area contributed by atoms with Crippen molar-refractivity contribution in [2.45, 2.75) is 20.0 Å². The number of aromatic nitrogens is 3. The predicted octanol–water partition coefficient (Wildman–Crippen LogP) is 1.01. The van der Waals surface area contributed by atoms with E-state index in [1.807, 2.05) is 26.1 Å². The Balaban J connectivity index is 1.83. The van der Waals surface area contributed by atoms with Crippen molar-refractivity contribution in [2.75, 3.05) is 0 Å². The molecule has 0 aliphatic rings. The van der Waals surface area contributed by atoms with Crippen molar-refractivity contribution >= 4 is 0 Å². The van der Waals surface area contributed by atoms with Crippen LogP contribution in [-0.2, 0) is 20.1 Å². The second-order valence-electron chi connectivity index (χ2n) is 3.46. The first-order valence-electron chi connectivity index (χ1n) is 4.85. The molecule has 0 unspecified atom stereocenters. The Labute approximate surface area is 88.1 Å². The third-order valence-corrected chi connectivity index (χ3v) is 2.21.